The van der Waals surface area contributed by atoms with E-state index in [1.807, 2.05) is 0 Å². The minimum atomic E-state index is -4.56. The summed E-state index contributed by atoms with van der Waals surface area (Å²) in [5.74, 6) is -1.15. The van der Waals surface area contributed by atoms with Crippen molar-refractivity contribution in [1.82, 2.24) is 5.32 Å². The van der Waals surface area contributed by atoms with Crippen LogP contribution >= 0.6 is 0 Å². The highest BCUT2D eigenvalue weighted by Gasteiger charge is 2.31. The van der Waals surface area contributed by atoms with E-state index in [0.29, 0.717) is 11.3 Å². The van der Waals surface area contributed by atoms with E-state index >= 15 is 0 Å². The van der Waals surface area contributed by atoms with Gasteiger partial charge in [-0.05, 0) is 59.7 Å². The van der Waals surface area contributed by atoms with Crippen LogP contribution in [0.2, 0.25) is 0 Å². The van der Waals surface area contributed by atoms with Gasteiger partial charge in [0.2, 0.25) is 5.91 Å². The van der Waals surface area contributed by atoms with E-state index in [2.05, 4.69) is 10.6 Å². The summed E-state index contributed by atoms with van der Waals surface area (Å²) in [5, 5.41) is 5.14. The van der Waals surface area contributed by atoms with Gasteiger partial charge in [0, 0.05) is 11.3 Å². The zero-order valence-electron chi connectivity index (χ0n) is 15.9. The van der Waals surface area contributed by atoms with Crippen LogP contribution in [-0.2, 0) is 6.18 Å². The van der Waals surface area contributed by atoms with E-state index in [4.69, 9.17) is 5.73 Å². The van der Waals surface area contributed by atoms with E-state index in [1.165, 1.54) is 48.5 Å². The molecule has 3 rings (SSSR count). The molecule has 9 heteroatoms. The largest absolute Gasteiger partial charge is 0.416 e. The fourth-order valence-electron chi connectivity index (χ4n) is 2.93. The fraction of sp³-hybridized carbons (Fsp3) is 0.0909. The van der Waals surface area contributed by atoms with Crippen LogP contribution in [0.15, 0.2) is 72.8 Å². The number of nitrogens with one attached hydrogen (secondary N) is 2. The molecule has 0 fully saturated rings. The Morgan fingerprint density at radius 2 is 1.52 bits per heavy atom. The predicted molar refractivity (Wildman–Crippen MR) is 107 cm³/mol. The zero-order valence-corrected chi connectivity index (χ0v) is 15.9. The lowest BCUT2D eigenvalue weighted by molar-refractivity contribution is -0.137. The highest BCUT2D eigenvalue weighted by Crippen LogP contribution is 2.32. The molecule has 1 unspecified atom stereocenters. The number of benzene rings is 3. The molecular formula is C22H17F4N3O2. The molecule has 5 nitrogen and oxygen atoms in total. The van der Waals surface area contributed by atoms with E-state index in [0.717, 1.165) is 24.3 Å². The van der Waals surface area contributed by atoms with E-state index in [-0.39, 0.29) is 11.1 Å². The molecule has 1 atom stereocenters. The molecule has 160 valence electrons. The van der Waals surface area contributed by atoms with E-state index in [9.17, 15) is 27.2 Å². The Morgan fingerprint density at radius 3 is 2.10 bits per heavy atom. The summed E-state index contributed by atoms with van der Waals surface area (Å²) in [4.78, 5) is 23.7. The third-order valence-electron chi connectivity index (χ3n) is 4.45. The molecule has 0 aliphatic rings. The number of alkyl halides is 3. The molecule has 0 saturated carbocycles. The van der Waals surface area contributed by atoms with Crippen LogP contribution in [0.3, 0.4) is 0 Å². The summed E-state index contributed by atoms with van der Waals surface area (Å²) in [6, 6.07) is 13.6. The summed E-state index contributed by atoms with van der Waals surface area (Å²) in [7, 11) is 0. The molecule has 4 N–H and O–H groups in total. The first-order chi connectivity index (χ1) is 14.6. The van der Waals surface area contributed by atoms with Gasteiger partial charge in [0.05, 0.1) is 11.6 Å². The van der Waals surface area contributed by atoms with Gasteiger partial charge in [0.1, 0.15) is 5.82 Å². The number of urea groups is 1. The first kappa shape index (κ1) is 21.8. The van der Waals surface area contributed by atoms with E-state index in [1.54, 1.807) is 0 Å². The van der Waals surface area contributed by atoms with Gasteiger partial charge in [-0.1, -0.05) is 24.3 Å². The Balaban J connectivity index is 1.87. The minimum absolute atomic E-state index is 0.167. The first-order valence-electron chi connectivity index (χ1n) is 9.03. The molecule has 0 aromatic heterocycles. The van der Waals surface area contributed by atoms with Gasteiger partial charge < -0.3 is 16.4 Å². The number of halogens is 4. The number of anilines is 1. The molecule has 0 saturated heterocycles. The van der Waals surface area contributed by atoms with Crippen LogP contribution in [0.5, 0.6) is 0 Å². The summed E-state index contributed by atoms with van der Waals surface area (Å²) in [6.45, 7) is 0. The SMILES string of the molecule is NC(=O)c1ccc(NC(=O)NC(c2ccc(F)cc2)c2cccc(C(F)(F)F)c2)cc1. The molecule has 3 aromatic carbocycles. The monoisotopic (exact) mass is 431 g/mol. The van der Waals surface area contributed by atoms with Gasteiger partial charge in [0.15, 0.2) is 0 Å². The molecule has 0 spiro atoms. The summed E-state index contributed by atoms with van der Waals surface area (Å²) >= 11 is 0. The minimum Gasteiger partial charge on any atom is -0.366 e. The Labute approximate surface area is 174 Å². The molecule has 3 aromatic rings. The second-order valence-corrected chi connectivity index (χ2v) is 6.65. The second-order valence-electron chi connectivity index (χ2n) is 6.65. The van der Waals surface area contributed by atoms with Crippen molar-refractivity contribution >= 4 is 17.6 Å². The highest BCUT2D eigenvalue weighted by molar-refractivity contribution is 5.94. The Hall–Kier alpha value is -3.88. The lowest BCUT2D eigenvalue weighted by Gasteiger charge is -2.21. The van der Waals surface area contributed by atoms with Gasteiger partial charge in [0.25, 0.3) is 0 Å². The Bertz CT molecular complexity index is 1080. The molecule has 0 bridgehead atoms. The lowest BCUT2D eigenvalue weighted by Crippen LogP contribution is -2.33. The van der Waals surface area contributed by atoms with Crippen LogP contribution in [0, 0.1) is 5.82 Å². The van der Waals surface area contributed by atoms with Crippen molar-refractivity contribution in [2.24, 2.45) is 5.73 Å². The van der Waals surface area contributed by atoms with Crippen LogP contribution < -0.4 is 16.4 Å². The molecule has 3 amide bonds. The van der Waals surface area contributed by atoms with Gasteiger partial charge in [-0.15, -0.1) is 0 Å². The molecular weight excluding hydrogens is 414 g/mol. The molecule has 0 aliphatic heterocycles. The van der Waals surface area contributed by atoms with Crippen LogP contribution in [0.25, 0.3) is 0 Å². The second kappa shape index (κ2) is 8.86. The maximum atomic E-state index is 13.3. The van der Waals surface area contributed by atoms with Crippen LogP contribution in [0.4, 0.5) is 28.0 Å². The standard InChI is InChI=1S/C22H17F4N3O2/c23-17-8-4-13(5-9-17)19(15-2-1-3-16(12-15)22(24,25)26)29-21(31)28-18-10-6-14(7-11-18)20(27)30/h1-12,19H,(H2,27,30)(H2,28,29,31). The zero-order chi connectivity index (χ0) is 22.6. The van der Waals surface area contributed by atoms with Crippen molar-refractivity contribution in [1.29, 1.82) is 0 Å². The van der Waals surface area contributed by atoms with Crippen LogP contribution in [0.1, 0.15) is 33.1 Å². The maximum Gasteiger partial charge on any atom is 0.416 e. The Kier molecular flexibility index (Phi) is 6.24. The third-order valence-corrected chi connectivity index (χ3v) is 4.45. The van der Waals surface area contributed by atoms with Crippen molar-refractivity contribution in [3.05, 3.63) is 101 Å². The number of primary amides is 1. The first-order valence-corrected chi connectivity index (χ1v) is 9.03. The van der Waals surface area contributed by atoms with Crippen molar-refractivity contribution in [2.45, 2.75) is 12.2 Å². The van der Waals surface area contributed by atoms with Crippen molar-refractivity contribution < 1.29 is 27.2 Å². The fourth-order valence-corrected chi connectivity index (χ4v) is 2.93. The van der Waals surface area contributed by atoms with Gasteiger partial charge in [-0.2, -0.15) is 13.2 Å². The summed E-state index contributed by atoms with van der Waals surface area (Å²) < 4.78 is 52.8. The van der Waals surface area contributed by atoms with Gasteiger partial charge in [-0.3, -0.25) is 4.79 Å². The van der Waals surface area contributed by atoms with E-state index < -0.39 is 35.5 Å². The summed E-state index contributed by atoms with van der Waals surface area (Å²) in [6.07, 6.45) is -4.56. The molecule has 0 heterocycles. The number of hydrogen-bond donors (Lipinski definition) is 3. The average molecular weight is 431 g/mol. The quantitative estimate of drug-likeness (QED) is 0.505. The maximum absolute atomic E-state index is 13.3. The Morgan fingerprint density at radius 1 is 0.871 bits per heavy atom. The third kappa shape index (κ3) is 5.59. The van der Waals surface area contributed by atoms with Gasteiger partial charge >= 0.3 is 12.2 Å². The summed E-state index contributed by atoms with van der Waals surface area (Å²) in [5.41, 5.74) is 5.44. The van der Waals surface area contributed by atoms with Crippen molar-refractivity contribution in [2.75, 3.05) is 5.32 Å². The number of nitrogens with two attached hydrogens (primary N) is 1. The lowest BCUT2D eigenvalue weighted by atomic mass is 9.97. The van der Waals surface area contributed by atoms with Gasteiger partial charge in [-0.25, -0.2) is 9.18 Å². The average Bonchev–Trinajstić information content (AvgIpc) is 2.72. The number of hydrogen-bond acceptors (Lipinski definition) is 2. The normalized spacial score (nSPS) is 12.1. The number of carbonyl (C=O) groups excluding carboxylic acids is 2. The van der Waals surface area contributed by atoms with Crippen molar-refractivity contribution in [3.63, 3.8) is 0 Å². The predicted octanol–water partition coefficient (Wildman–Crippen LogP) is 4.85. The van der Waals surface area contributed by atoms with Crippen molar-refractivity contribution in [3.8, 4) is 0 Å². The molecule has 31 heavy (non-hydrogen) atoms. The highest BCUT2D eigenvalue weighted by atomic mass is 19.4. The number of carbonyl (C=O) groups is 2. The topological polar surface area (TPSA) is 84.2 Å². The molecule has 0 radical (unpaired) electrons. The number of rotatable bonds is 5. The van der Waals surface area contributed by atoms with Crippen LogP contribution in [-0.4, -0.2) is 11.9 Å². The smallest absolute Gasteiger partial charge is 0.366 e. The molecule has 0 aliphatic carbocycles. The number of amides is 3.